The molecule has 1 aromatic rings. The molecule has 29 heavy (non-hydrogen) atoms. The average Bonchev–Trinajstić information content (AvgIpc) is 2.60. The van der Waals surface area contributed by atoms with Crippen LogP contribution in [0.4, 0.5) is 4.79 Å². The smallest absolute Gasteiger partial charge is 0.408 e. The van der Waals surface area contributed by atoms with Crippen LogP contribution >= 0.6 is 0 Å². The van der Waals surface area contributed by atoms with Crippen LogP contribution in [0, 0.1) is 6.92 Å². The van der Waals surface area contributed by atoms with E-state index in [1.54, 1.807) is 20.8 Å². The largest absolute Gasteiger partial charge is 0.480 e. The number of carboxylic acid groups (broad SMARTS) is 1. The molecule has 7 nitrogen and oxygen atoms in total. The molecule has 1 aromatic carbocycles. The van der Waals surface area contributed by atoms with Crippen molar-refractivity contribution in [3.8, 4) is 0 Å². The van der Waals surface area contributed by atoms with Crippen LogP contribution in [0.15, 0.2) is 24.3 Å². The third-order valence-corrected chi connectivity index (χ3v) is 4.22. The summed E-state index contributed by atoms with van der Waals surface area (Å²) in [6, 6.07) is 7.29. The number of amides is 2. The van der Waals surface area contributed by atoms with Gasteiger partial charge in [-0.3, -0.25) is 4.79 Å². The standard InChI is InChI=1S/C22H34N2O5/c1-16-11-13-17(14-12-16)8-7-10-19(25)23-15-6-5-9-18(20(26)27)24-21(28)29-22(2,3)4/h11-14,18H,5-10,15H2,1-4H3,(H,23,25)(H,24,28)(H,26,27)/t18-/m0/s1. The molecule has 7 heteroatoms. The van der Waals surface area contributed by atoms with E-state index in [0.29, 0.717) is 25.8 Å². The Hall–Kier alpha value is -2.57. The summed E-state index contributed by atoms with van der Waals surface area (Å²) < 4.78 is 5.08. The zero-order valence-corrected chi connectivity index (χ0v) is 17.9. The van der Waals surface area contributed by atoms with Crippen molar-refractivity contribution in [2.24, 2.45) is 0 Å². The summed E-state index contributed by atoms with van der Waals surface area (Å²) in [4.78, 5) is 34.9. The Bertz CT molecular complexity index is 665. The summed E-state index contributed by atoms with van der Waals surface area (Å²) in [6.07, 6.45) is 2.86. The number of benzene rings is 1. The lowest BCUT2D eigenvalue weighted by atomic mass is 10.1. The Morgan fingerprint density at radius 3 is 2.31 bits per heavy atom. The predicted octanol–water partition coefficient (Wildman–Crippen LogP) is 3.58. The first-order valence-electron chi connectivity index (χ1n) is 10.1. The van der Waals surface area contributed by atoms with E-state index in [9.17, 15) is 19.5 Å². The molecule has 0 heterocycles. The van der Waals surface area contributed by atoms with Crippen molar-refractivity contribution in [3.63, 3.8) is 0 Å². The minimum atomic E-state index is -1.10. The van der Waals surface area contributed by atoms with Crippen LogP contribution in [0.25, 0.3) is 0 Å². The van der Waals surface area contributed by atoms with Crippen molar-refractivity contribution in [2.75, 3.05) is 6.54 Å². The Morgan fingerprint density at radius 2 is 1.72 bits per heavy atom. The van der Waals surface area contributed by atoms with Crippen molar-refractivity contribution in [2.45, 2.75) is 77.9 Å². The number of carbonyl (C=O) groups is 3. The average molecular weight is 407 g/mol. The highest BCUT2D eigenvalue weighted by Gasteiger charge is 2.23. The van der Waals surface area contributed by atoms with Gasteiger partial charge < -0.3 is 20.5 Å². The first-order valence-corrected chi connectivity index (χ1v) is 10.1. The molecule has 1 atom stereocenters. The third kappa shape index (κ3) is 11.8. The molecule has 0 aliphatic carbocycles. The van der Waals surface area contributed by atoms with Gasteiger partial charge in [0.05, 0.1) is 0 Å². The van der Waals surface area contributed by atoms with Crippen LogP contribution in [0.5, 0.6) is 0 Å². The lowest BCUT2D eigenvalue weighted by molar-refractivity contribution is -0.139. The van der Waals surface area contributed by atoms with Gasteiger partial charge in [-0.25, -0.2) is 9.59 Å². The lowest BCUT2D eigenvalue weighted by Gasteiger charge is -2.22. The monoisotopic (exact) mass is 406 g/mol. The van der Waals surface area contributed by atoms with Crippen molar-refractivity contribution in [1.82, 2.24) is 10.6 Å². The van der Waals surface area contributed by atoms with Gasteiger partial charge in [-0.2, -0.15) is 0 Å². The van der Waals surface area contributed by atoms with E-state index >= 15 is 0 Å². The molecule has 0 aliphatic heterocycles. The quantitative estimate of drug-likeness (QED) is 0.487. The van der Waals surface area contributed by atoms with E-state index in [1.165, 1.54) is 11.1 Å². The number of aryl methyl sites for hydroxylation is 2. The first-order chi connectivity index (χ1) is 13.6. The van der Waals surface area contributed by atoms with Gasteiger partial charge in [0.15, 0.2) is 0 Å². The second-order valence-electron chi connectivity index (χ2n) is 8.22. The van der Waals surface area contributed by atoms with Crippen molar-refractivity contribution in [3.05, 3.63) is 35.4 Å². The maximum atomic E-state index is 11.9. The minimum absolute atomic E-state index is 0.00113. The normalized spacial score (nSPS) is 12.1. The molecule has 0 aromatic heterocycles. The number of nitrogens with one attached hydrogen (secondary N) is 2. The highest BCUT2D eigenvalue weighted by Crippen LogP contribution is 2.09. The molecule has 0 saturated heterocycles. The fraction of sp³-hybridized carbons (Fsp3) is 0.591. The van der Waals surface area contributed by atoms with Gasteiger partial charge in [0.1, 0.15) is 11.6 Å². The van der Waals surface area contributed by atoms with Crippen LogP contribution < -0.4 is 10.6 Å². The van der Waals surface area contributed by atoms with Crippen LogP contribution in [0.2, 0.25) is 0 Å². The molecule has 0 aliphatic rings. The van der Waals surface area contributed by atoms with Gasteiger partial charge in [-0.15, -0.1) is 0 Å². The van der Waals surface area contributed by atoms with E-state index in [-0.39, 0.29) is 12.3 Å². The summed E-state index contributed by atoms with van der Waals surface area (Å²) >= 11 is 0. The molecule has 0 radical (unpaired) electrons. The number of carboxylic acids is 1. The van der Waals surface area contributed by atoms with Crippen molar-refractivity contribution in [1.29, 1.82) is 0 Å². The van der Waals surface area contributed by atoms with E-state index < -0.39 is 23.7 Å². The fourth-order valence-electron chi connectivity index (χ4n) is 2.70. The summed E-state index contributed by atoms with van der Waals surface area (Å²) in [6.45, 7) is 7.68. The van der Waals surface area contributed by atoms with Gasteiger partial charge in [-0.05, 0) is 65.4 Å². The van der Waals surface area contributed by atoms with Crippen LogP contribution in [-0.4, -0.2) is 41.3 Å². The molecule has 1 rings (SSSR count). The second kappa shape index (κ2) is 12.1. The molecule has 0 fully saturated rings. The van der Waals surface area contributed by atoms with Crippen LogP contribution in [0.1, 0.15) is 64.0 Å². The number of aliphatic carboxylic acids is 1. The Morgan fingerprint density at radius 1 is 1.07 bits per heavy atom. The number of alkyl carbamates (subject to hydrolysis) is 1. The molecule has 3 N–H and O–H groups in total. The maximum Gasteiger partial charge on any atom is 0.408 e. The van der Waals surface area contributed by atoms with E-state index in [0.717, 1.165) is 12.8 Å². The van der Waals surface area contributed by atoms with Crippen LogP contribution in [0.3, 0.4) is 0 Å². The Kier molecular flexibility index (Phi) is 10.2. The second-order valence-corrected chi connectivity index (χ2v) is 8.22. The van der Waals surface area contributed by atoms with Gasteiger partial charge in [0, 0.05) is 13.0 Å². The number of ether oxygens (including phenoxy) is 1. The van der Waals surface area contributed by atoms with Gasteiger partial charge in [0.25, 0.3) is 0 Å². The summed E-state index contributed by atoms with van der Waals surface area (Å²) in [5.41, 5.74) is 1.76. The highest BCUT2D eigenvalue weighted by molar-refractivity contribution is 5.80. The molecule has 162 valence electrons. The van der Waals surface area contributed by atoms with Crippen molar-refractivity contribution >= 4 is 18.0 Å². The third-order valence-electron chi connectivity index (χ3n) is 4.22. The zero-order chi connectivity index (χ0) is 21.9. The summed E-state index contributed by atoms with van der Waals surface area (Å²) in [7, 11) is 0. The van der Waals surface area contributed by atoms with Gasteiger partial charge in [0.2, 0.25) is 5.91 Å². The molecule has 2 amide bonds. The van der Waals surface area contributed by atoms with E-state index in [4.69, 9.17) is 4.74 Å². The van der Waals surface area contributed by atoms with E-state index in [2.05, 4.69) is 34.9 Å². The molecule has 0 unspecified atom stereocenters. The number of hydrogen-bond donors (Lipinski definition) is 3. The summed E-state index contributed by atoms with van der Waals surface area (Å²) in [5, 5.41) is 14.5. The molecule has 0 spiro atoms. The molecule has 0 bridgehead atoms. The van der Waals surface area contributed by atoms with Crippen molar-refractivity contribution < 1.29 is 24.2 Å². The van der Waals surface area contributed by atoms with E-state index in [1.807, 2.05) is 6.92 Å². The first kappa shape index (κ1) is 24.5. The fourth-order valence-corrected chi connectivity index (χ4v) is 2.70. The highest BCUT2D eigenvalue weighted by atomic mass is 16.6. The number of unbranched alkanes of at least 4 members (excludes halogenated alkanes) is 1. The number of carbonyl (C=O) groups excluding carboxylic acids is 2. The topological polar surface area (TPSA) is 105 Å². The number of hydrogen-bond acceptors (Lipinski definition) is 4. The molecular formula is C22H34N2O5. The maximum absolute atomic E-state index is 11.9. The Balaban J connectivity index is 2.18. The molecular weight excluding hydrogens is 372 g/mol. The predicted molar refractivity (Wildman–Crippen MR) is 112 cm³/mol. The Labute approximate surface area is 173 Å². The number of rotatable bonds is 11. The summed E-state index contributed by atoms with van der Waals surface area (Å²) in [5.74, 6) is -1.10. The van der Waals surface area contributed by atoms with Gasteiger partial charge >= 0.3 is 12.1 Å². The lowest BCUT2D eigenvalue weighted by Crippen LogP contribution is -2.43. The SMILES string of the molecule is Cc1ccc(CCCC(=O)NCCCC[C@H](NC(=O)OC(C)(C)C)C(=O)O)cc1. The van der Waals surface area contributed by atoms with Gasteiger partial charge in [-0.1, -0.05) is 29.8 Å². The van der Waals surface area contributed by atoms with Crippen LogP contribution in [-0.2, 0) is 20.7 Å². The molecule has 0 saturated carbocycles. The minimum Gasteiger partial charge on any atom is -0.480 e. The zero-order valence-electron chi connectivity index (χ0n) is 17.9.